The quantitative estimate of drug-likeness (QED) is 0.385. The van der Waals surface area contributed by atoms with E-state index in [1.165, 1.54) is 31.6 Å². The zero-order chi connectivity index (χ0) is 23.3. The fraction of sp³-hybridized carbons (Fsp3) is 0.304. The van der Waals surface area contributed by atoms with Crippen LogP contribution >= 0.6 is 11.3 Å². The number of thiophene rings is 1. The number of hydrogen-bond acceptors (Lipinski definition) is 8. The van der Waals surface area contributed by atoms with Gasteiger partial charge < -0.3 is 19.5 Å². The number of esters is 2. The van der Waals surface area contributed by atoms with Gasteiger partial charge >= 0.3 is 11.9 Å². The normalized spacial score (nSPS) is 14.8. The number of ether oxygens (including phenoxy) is 3. The molecular weight excluding hydrogens is 432 g/mol. The van der Waals surface area contributed by atoms with Gasteiger partial charge in [0, 0.05) is 4.88 Å². The average Bonchev–Trinajstić information content (AvgIpc) is 3.36. The first-order chi connectivity index (χ1) is 15.4. The summed E-state index contributed by atoms with van der Waals surface area (Å²) in [5.74, 6) is -1.69. The maximum absolute atomic E-state index is 12.8. The first-order valence-electron chi connectivity index (χ1n) is 9.91. The number of nitrogens with one attached hydrogen (secondary N) is 1. The molecule has 3 rings (SSSR count). The van der Waals surface area contributed by atoms with Gasteiger partial charge in [-0.2, -0.15) is 5.26 Å². The minimum atomic E-state index is -0.666. The lowest BCUT2D eigenvalue weighted by molar-refractivity contribution is -0.142. The summed E-state index contributed by atoms with van der Waals surface area (Å²) in [5.41, 5.74) is 1.17. The van der Waals surface area contributed by atoms with Crippen molar-refractivity contribution < 1.29 is 28.6 Å². The molecule has 1 aliphatic carbocycles. The Morgan fingerprint density at radius 2 is 1.94 bits per heavy atom. The standard InChI is InChI=1S/C23H22N2O6S/c1-4-31-15-7-5-13(6-8-15)11-14(12-24)20(26)25-21-19(23(28)30-3)18-16(22(27)29-2)9-10-17(18)32-21/h5-8,11,16H,4,9-10H2,1-3H3,(H,25,26)/b14-11+. The van der Waals surface area contributed by atoms with Gasteiger partial charge in [0.25, 0.3) is 5.91 Å². The van der Waals surface area contributed by atoms with Crippen molar-refractivity contribution in [1.29, 1.82) is 5.26 Å². The summed E-state index contributed by atoms with van der Waals surface area (Å²) in [7, 11) is 2.52. The third kappa shape index (κ3) is 4.65. The molecule has 0 radical (unpaired) electrons. The summed E-state index contributed by atoms with van der Waals surface area (Å²) < 4.78 is 15.1. The van der Waals surface area contributed by atoms with Gasteiger partial charge in [-0.25, -0.2) is 4.79 Å². The molecule has 0 spiro atoms. The molecule has 9 heteroatoms. The van der Waals surface area contributed by atoms with Crippen molar-refractivity contribution in [3.05, 3.63) is 51.4 Å². The molecular formula is C23H22N2O6S. The van der Waals surface area contributed by atoms with Crippen molar-refractivity contribution in [3.63, 3.8) is 0 Å². The molecule has 0 aliphatic heterocycles. The van der Waals surface area contributed by atoms with Crippen LogP contribution in [0.1, 0.15) is 45.6 Å². The maximum atomic E-state index is 12.8. The molecule has 1 unspecified atom stereocenters. The molecule has 1 amide bonds. The van der Waals surface area contributed by atoms with Crippen LogP contribution in [0.25, 0.3) is 6.08 Å². The molecule has 2 aromatic rings. The third-order valence-corrected chi connectivity index (χ3v) is 6.18. The van der Waals surface area contributed by atoms with Gasteiger partial charge in [-0.1, -0.05) is 12.1 Å². The molecule has 1 aromatic heterocycles. The highest BCUT2D eigenvalue weighted by atomic mass is 32.1. The van der Waals surface area contributed by atoms with Gasteiger partial charge in [0.15, 0.2) is 0 Å². The van der Waals surface area contributed by atoms with Gasteiger partial charge in [0.05, 0.1) is 32.3 Å². The highest BCUT2D eigenvalue weighted by Crippen LogP contribution is 2.46. The van der Waals surface area contributed by atoms with Crippen LogP contribution in [0.15, 0.2) is 29.8 Å². The van der Waals surface area contributed by atoms with E-state index >= 15 is 0 Å². The molecule has 1 atom stereocenters. The summed E-state index contributed by atoms with van der Waals surface area (Å²) in [6, 6.07) is 8.84. The molecule has 1 aromatic carbocycles. The number of aryl methyl sites for hydroxylation is 1. The van der Waals surface area contributed by atoms with Crippen LogP contribution in [-0.2, 0) is 25.5 Å². The van der Waals surface area contributed by atoms with Gasteiger partial charge in [0.1, 0.15) is 22.4 Å². The Kier molecular flexibility index (Phi) is 7.28. The number of nitrogens with zero attached hydrogens (tertiary/aromatic N) is 1. The number of fused-ring (bicyclic) bond motifs is 1. The molecule has 166 valence electrons. The predicted molar refractivity (Wildman–Crippen MR) is 119 cm³/mol. The van der Waals surface area contributed by atoms with Crippen LogP contribution in [0.4, 0.5) is 5.00 Å². The van der Waals surface area contributed by atoms with Gasteiger partial charge in [-0.3, -0.25) is 9.59 Å². The second-order valence-corrected chi connectivity index (χ2v) is 7.98. The molecule has 0 saturated carbocycles. The molecule has 1 aliphatic rings. The molecule has 1 heterocycles. The van der Waals surface area contributed by atoms with Crippen LogP contribution in [0.2, 0.25) is 0 Å². The number of hydrogen-bond donors (Lipinski definition) is 1. The first-order valence-corrected chi connectivity index (χ1v) is 10.7. The zero-order valence-electron chi connectivity index (χ0n) is 17.9. The molecule has 0 fully saturated rings. The fourth-order valence-corrected chi connectivity index (χ4v) is 4.81. The molecule has 8 nitrogen and oxygen atoms in total. The van der Waals surface area contributed by atoms with E-state index < -0.39 is 23.8 Å². The van der Waals surface area contributed by atoms with Crippen molar-refractivity contribution >= 4 is 40.3 Å². The Morgan fingerprint density at radius 3 is 2.53 bits per heavy atom. The topological polar surface area (TPSA) is 115 Å². The third-order valence-electron chi connectivity index (χ3n) is 5.00. The van der Waals surface area contributed by atoms with E-state index in [4.69, 9.17) is 14.2 Å². The van der Waals surface area contributed by atoms with Crippen molar-refractivity contribution in [2.75, 3.05) is 26.1 Å². The van der Waals surface area contributed by atoms with Gasteiger partial charge in [-0.05, 0) is 49.1 Å². The lowest BCUT2D eigenvalue weighted by atomic mass is 9.99. The monoisotopic (exact) mass is 454 g/mol. The van der Waals surface area contributed by atoms with E-state index in [-0.39, 0.29) is 16.1 Å². The summed E-state index contributed by atoms with van der Waals surface area (Å²) in [6.07, 6.45) is 2.54. The summed E-state index contributed by atoms with van der Waals surface area (Å²) >= 11 is 1.20. The van der Waals surface area contributed by atoms with Gasteiger partial charge in [-0.15, -0.1) is 11.3 Å². The van der Waals surface area contributed by atoms with Gasteiger partial charge in [0.2, 0.25) is 0 Å². The Labute approximate surface area is 189 Å². The SMILES string of the molecule is CCOc1ccc(/C=C(\C#N)C(=O)Nc2sc3c(c2C(=O)OC)C(C(=O)OC)CC3)cc1. The second-order valence-electron chi connectivity index (χ2n) is 6.88. The number of anilines is 1. The average molecular weight is 455 g/mol. The van der Waals surface area contributed by atoms with Crippen molar-refractivity contribution in [3.8, 4) is 11.8 Å². The van der Waals surface area contributed by atoms with E-state index in [1.54, 1.807) is 24.3 Å². The van der Waals surface area contributed by atoms with E-state index in [0.717, 1.165) is 4.88 Å². The number of nitriles is 1. The van der Waals surface area contributed by atoms with E-state index in [2.05, 4.69) is 5.32 Å². The largest absolute Gasteiger partial charge is 0.494 e. The number of rotatable bonds is 7. The van der Waals surface area contributed by atoms with Crippen LogP contribution < -0.4 is 10.1 Å². The van der Waals surface area contributed by atoms with Crippen LogP contribution in [0, 0.1) is 11.3 Å². The predicted octanol–water partition coefficient (Wildman–Crippen LogP) is 3.68. The van der Waals surface area contributed by atoms with Crippen LogP contribution in [-0.4, -0.2) is 38.7 Å². The summed E-state index contributed by atoms with van der Waals surface area (Å²) in [6.45, 7) is 2.41. The Hall–Kier alpha value is -3.64. The Morgan fingerprint density at radius 1 is 1.22 bits per heavy atom. The van der Waals surface area contributed by atoms with Crippen molar-refractivity contribution in [1.82, 2.24) is 0 Å². The summed E-state index contributed by atoms with van der Waals surface area (Å²) in [4.78, 5) is 38.3. The molecule has 32 heavy (non-hydrogen) atoms. The summed E-state index contributed by atoms with van der Waals surface area (Å²) in [5, 5.41) is 12.4. The number of amides is 1. The lowest BCUT2D eigenvalue weighted by Crippen LogP contribution is -2.18. The van der Waals surface area contributed by atoms with E-state index in [0.29, 0.717) is 36.3 Å². The molecule has 0 saturated heterocycles. The number of methoxy groups -OCH3 is 2. The van der Waals surface area contributed by atoms with E-state index in [9.17, 15) is 19.6 Å². The molecule has 0 bridgehead atoms. The van der Waals surface area contributed by atoms with Crippen LogP contribution in [0.3, 0.4) is 0 Å². The van der Waals surface area contributed by atoms with E-state index in [1.807, 2.05) is 13.0 Å². The number of benzene rings is 1. The molecule has 1 N–H and O–H groups in total. The number of carbonyl (C=O) groups is 3. The highest BCUT2D eigenvalue weighted by Gasteiger charge is 2.38. The fourth-order valence-electron chi connectivity index (χ4n) is 3.55. The first kappa shape index (κ1) is 23.0. The highest BCUT2D eigenvalue weighted by molar-refractivity contribution is 7.17. The number of carbonyl (C=O) groups excluding carboxylic acids is 3. The lowest BCUT2D eigenvalue weighted by Gasteiger charge is -2.11. The van der Waals surface area contributed by atoms with Crippen LogP contribution in [0.5, 0.6) is 5.75 Å². The maximum Gasteiger partial charge on any atom is 0.341 e. The van der Waals surface area contributed by atoms with Crippen molar-refractivity contribution in [2.45, 2.75) is 25.7 Å². The zero-order valence-corrected chi connectivity index (χ0v) is 18.7. The van der Waals surface area contributed by atoms with Crippen molar-refractivity contribution in [2.24, 2.45) is 0 Å². The second kappa shape index (κ2) is 10.1. The Balaban J connectivity index is 1.90. The Bertz CT molecular complexity index is 1110. The minimum Gasteiger partial charge on any atom is -0.494 e. The minimum absolute atomic E-state index is 0.132. The smallest absolute Gasteiger partial charge is 0.341 e.